The van der Waals surface area contributed by atoms with E-state index in [1.54, 1.807) is 6.92 Å². The van der Waals surface area contributed by atoms with Crippen LogP contribution >= 0.6 is 47.8 Å². The maximum Gasteiger partial charge on any atom is 0.355 e. The molecule has 0 spiro atoms. The summed E-state index contributed by atoms with van der Waals surface area (Å²) in [5.41, 5.74) is 0.163. The zero-order valence-electron chi connectivity index (χ0n) is 10.4. The second kappa shape index (κ2) is 8.16. The molecule has 0 N–H and O–H groups in total. The van der Waals surface area contributed by atoms with E-state index in [1.165, 1.54) is 6.92 Å². The first-order valence-corrected chi connectivity index (χ1v) is 7.66. The van der Waals surface area contributed by atoms with E-state index in [0.717, 1.165) is 0 Å². The second-order valence-corrected chi connectivity index (χ2v) is 10.4. The van der Waals surface area contributed by atoms with Gasteiger partial charge in [-0.3, -0.25) is 0 Å². The predicted molar refractivity (Wildman–Crippen MR) is 80.2 cm³/mol. The molecule has 0 bridgehead atoms. The molecule has 0 rings (SSSR count). The summed E-state index contributed by atoms with van der Waals surface area (Å²) in [4.78, 5) is 34.6. The topological polar surface area (TPSA) is 69.7 Å². The molecule has 0 saturated carbocycles. The highest BCUT2D eigenvalue weighted by Crippen LogP contribution is 2.34. The number of alkyl halides is 3. The fraction of sp³-hybridized carbons (Fsp3) is 0.545. The highest BCUT2D eigenvalue weighted by Gasteiger charge is 2.35. The summed E-state index contributed by atoms with van der Waals surface area (Å²) in [6.45, 7) is 6.68. The molecular weight excluding hydrogens is 452 g/mol. The van der Waals surface area contributed by atoms with Gasteiger partial charge >= 0.3 is 17.9 Å². The number of esters is 3. The maximum absolute atomic E-state index is 11.7. The molecule has 0 radical (unpaired) electrons. The van der Waals surface area contributed by atoms with E-state index < -0.39 is 26.2 Å². The van der Waals surface area contributed by atoms with Gasteiger partial charge in [0.2, 0.25) is 2.14 Å². The highest BCUT2D eigenvalue weighted by molar-refractivity contribution is 9.40. The van der Waals surface area contributed by atoms with Crippen molar-refractivity contribution in [3.63, 3.8) is 0 Å². The smallest absolute Gasteiger partial charge is 0.355 e. The second-order valence-electron chi connectivity index (χ2n) is 3.67. The van der Waals surface area contributed by atoms with E-state index in [-0.39, 0.29) is 12.0 Å². The van der Waals surface area contributed by atoms with Gasteiger partial charge in [0, 0.05) is 5.57 Å². The Hall–Kier alpha value is -0.210. The Kier molecular flexibility index (Phi) is 8.07. The number of hydrogen-bond donors (Lipinski definition) is 0. The number of carbonyl (C=O) groups excluding carboxylic acids is 3. The lowest BCUT2D eigenvalue weighted by Gasteiger charge is -2.17. The molecule has 0 aromatic rings. The summed E-state index contributed by atoms with van der Waals surface area (Å²) in [6.07, 6.45) is -0.294. The summed E-state index contributed by atoms with van der Waals surface area (Å²) in [5, 5.41) is 0. The lowest BCUT2D eigenvalue weighted by atomic mass is 10.2. The summed E-state index contributed by atoms with van der Waals surface area (Å²) >= 11 is 8.76. The van der Waals surface area contributed by atoms with Crippen LogP contribution in [0.1, 0.15) is 26.7 Å². The van der Waals surface area contributed by atoms with Gasteiger partial charge in [-0.05, 0) is 61.1 Å². The van der Waals surface area contributed by atoms with Crippen molar-refractivity contribution in [3.05, 3.63) is 12.2 Å². The van der Waals surface area contributed by atoms with E-state index in [4.69, 9.17) is 4.74 Å². The van der Waals surface area contributed by atoms with Crippen LogP contribution in [0.2, 0.25) is 0 Å². The molecule has 1 atom stereocenters. The number of ether oxygens (including phenoxy) is 2. The Morgan fingerprint density at radius 3 is 2.16 bits per heavy atom. The third-order valence-electron chi connectivity index (χ3n) is 1.84. The molecule has 0 fully saturated rings. The molecule has 0 aliphatic heterocycles. The van der Waals surface area contributed by atoms with Crippen molar-refractivity contribution in [3.8, 4) is 0 Å². The monoisotopic (exact) mass is 462 g/mol. The van der Waals surface area contributed by atoms with Gasteiger partial charge in [-0.15, -0.1) is 0 Å². The number of hydrogen-bond acceptors (Lipinski definition) is 5. The van der Waals surface area contributed by atoms with Crippen molar-refractivity contribution in [1.82, 2.24) is 0 Å². The zero-order chi connectivity index (χ0) is 15.2. The fourth-order valence-corrected chi connectivity index (χ4v) is 1.17. The van der Waals surface area contributed by atoms with Crippen molar-refractivity contribution in [1.29, 1.82) is 0 Å². The van der Waals surface area contributed by atoms with E-state index in [2.05, 4.69) is 59.1 Å². The van der Waals surface area contributed by atoms with E-state index in [0.29, 0.717) is 6.42 Å². The minimum atomic E-state index is -1.35. The minimum Gasteiger partial charge on any atom is -0.447 e. The molecule has 0 aromatic heterocycles. The summed E-state index contributed by atoms with van der Waals surface area (Å²) < 4.78 is 8.15. The predicted octanol–water partition coefficient (Wildman–Crippen LogP) is 3.18. The van der Waals surface area contributed by atoms with Crippen LogP contribution < -0.4 is 0 Å². The summed E-state index contributed by atoms with van der Waals surface area (Å²) in [7, 11) is 0. The van der Waals surface area contributed by atoms with Crippen LogP contribution in [-0.4, -0.2) is 26.2 Å². The van der Waals surface area contributed by atoms with E-state index >= 15 is 0 Å². The van der Waals surface area contributed by atoms with Crippen LogP contribution in [0.15, 0.2) is 12.2 Å². The van der Waals surface area contributed by atoms with Crippen molar-refractivity contribution in [2.75, 3.05) is 0 Å². The van der Waals surface area contributed by atoms with E-state index in [1.807, 2.05) is 0 Å². The number of rotatable bonds is 5. The summed E-state index contributed by atoms with van der Waals surface area (Å²) in [6, 6.07) is 0. The molecule has 0 amide bonds. The Morgan fingerprint density at radius 2 is 1.79 bits per heavy atom. The highest BCUT2D eigenvalue weighted by atomic mass is 80.0. The Bertz CT molecular complexity index is 386. The molecule has 0 aliphatic carbocycles. The molecule has 0 aliphatic rings. The van der Waals surface area contributed by atoms with Crippen LogP contribution in [0, 0.1) is 0 Å². The molecule has 0 saturated heterocycles. The van der Waals surface area contributed by atoms with Crippen LogP contribution in [0.25, 0.3) is 0 Å². The van der Waals surface area contributed by atoms with Crippen LogP contribution in [-0.2, 0) is 23.9 Å². The van der Waals surface area contributed by atoms with E-state index in [9.17, 15) is 14.4 Å². The van der Waals surface area contributed by atoms with Crippen molar-refractivity contribution in [2.45, 2.75) is 34.9 Å². The minimum absolute atomic E-state index is 0.163. The average Bonchev–Trinajstić information content (AvgIpc) is 2.26. The third kappa shape index (κ3) is 7.22. The molecular formula is C11H13Br3O5. The lowest BCUT2D eigenvalue weighted by molar-refractivity contribution is -0.172. The van der Waals surface area contributed by atoms with Gasteiger partial charge in [-0.1, -0.05) is 19.9 Å². The molecule has 8 heteroatoms. The largest absolute Gasteiger partial charge is 0.447 e. The van der Waals surface area contributed by atoms with Gasteiger partial charge in [0.05, 0.1) is 0 Å². The average molecular weight is 465 g/mol. The van der Waals surface area contributed by atoms with Gasteiger partial charge in [0.15, 0.2) is 6.10 Å². The van der Waals surface area contributed by atoms with Gasteiger partial charge < -0.3 is 9.47 Å². The normalized spacial score (nSPS) is 12.5. The quantitative estimate of drug-likeness (QED) is 0.270. The van der Waals surface area contributed by atoms with Crippen molar-refractivity contribution >= 4 is 65.7 Å². The third-order valence-corrected chi connectivity index (χ3v) is 2.81. The Labute approximate surface area is 136 Å². The van der Waals surface area contributed by atoms with Gasteiger partial charge in [-0.2, -0.15) is 0 Å². The van der Waals surface area contributed by atoms with Gasteiger partial charge in [0.25, 0.3) is 0 Å². The molecule has 1 unspecified atom stereocenters. The summed E-state index contributed by atoms with van der Waals surface area (Å²) in [5.74, 6) is -2.53. The van der Waals surface area contributed by atoms with Crippen molar-refractivity contribution in [2.24, 2.45) is 0 Å². The van der Waals surface area contributed by atoms with Crippen LogP contribution in [0.4, 0.5) is 0 Å². The fourth-order valence-electron chi connectivity index (χ4n) is 0.932. The molecule has 0 heterocycles. The lowest BCUT2D eigenvalue weighted by Crippen LogP contribution is -2.34. The van der Waals surface area contributed by atoms with Gasteiger partial charge in [0.1, 0.15) is 0 Å². The Balaban J connectivity index is 4.71. The first-order chi connectivity index (χ1) is 8.59. The van der Waals surface area contributed by atoms with Crippen LogP contribution in [0.5, 0.6) is 0 Å². The zero-order valence-corrected chi connectivity index (χ0v) is 15.1. The van der Waals surface area contributed by atoms with Crippen LogP contribution in [0.3, 0.4) is 0 Å². The molecule has 19 heavy (non-hydrogen) atoms. The molecule has 108 valence electrons. The molecule has 5 nitrogen and oxygen atoms in total. The Morgan fingerprint density at radius 1 is 1.26 bits per heavy atom. The standard InChI is InChI=1S/C11H13Br3O5/c1-4-5-7(18-8(15)6(2)3)9(16)19-10(17)11(12,13)14/h7H,2,4-5H2,1,3H3. The number of halogens is 3. The SMILES string of the molecule is C=C(C)C(=O)OC(CCC)C(=O)OC(=O)C(Br)(Br)Br. The number of carbonyl (C=O) groups is 3. The first kappa shape index (κ1) is 18.8. The maximum atomic E-state index is 11.7. The van der Waals surface area contributed by atoms with Crippen molar-refractivity contribution < 1.29 is 23.9 Å². The molecule has 0 aromatic carbocycles. The van der Waals surface area contributed by atoms with Gasteiger partial charge in [-0.25, -0.2) is 14.4 Å². The first-order valence-electron chi connectivity index (χ1n) is 5.28.